The van der Waals surface area contributed by atoms with Crippen molar-refractivity contribution in [3.05, 3.63) is 40.1 Å². The minimum absolute atomic E-state index is 0.855. The third-order valence-electron chi connectivity index (χ3n) is 2.65. The van der Waals surface area contributed by atoms with Crippen molar-refractivity contribution in [2.75, 3.05) is 6.54 Å². The molecule has 0 aliphatic carbocycles. The van der Waals surface area contributed by atoms with Crippen LogP contribution in [0.2, 0.25) is 0 Å². The molecular weight excluding hydrogens is 230 g/mol. The summed E-state index contributed by atoms with van der Waals surface area (Å²) in [4.78, 5) is 7.23. The van der Waals surface area contributed by atoms with Crippen LogP contribution in [-0.2, 0) is 19.5 Å². The molecule has 0 aliphatic rings. The highest BCUT2D eigenvalue weighted by Gasteiger charge is 2.02. The quantitative estimate of drug-likeness (QED) is 0.853. The van der Waals surface area contributed by atoms with Crippen LogP contribution in [0.25, 0.3) is 0 Å². The second-order valence-electron chi connectivity index (χ2n) is 4.04. The summed E-state index contributed by atoms with van der Waals surface area (Å²) < 4.78 is 2.15. The van der Waals surface area contributed by atoms with Crippen LogP contribution in [0, 0.1) is 0 Å². The topological polar surface area (TPSA) is 29.9 Å². The van der Waals surface area contributed by atoms with Gasteiger partial charge in [0.1, 0.15) is 0 Å². The summed E-state index contributed by atoms with van der Waals surface area (Å²) in [5.74, 6) is 0. The van der Waals surface area contributed by atoms with Gasteiger partial charge in [-0.15, -0.1) is 11.3 Å². The summed E-state index contributed by atoms with van der Waals surface area (Å²) >= 11 is 1.89. The van der Waals surface area contributed by atoms with E-state index in [9.17, 15) is 0 Å². The molecule has 0 saturated heterocycles. The zero-order chi connectivity index (χ0) is 12.1. The van der Waals surface area contributed by atoms with Crippen LogP contribution in [-0.4, -0.2) is 16.1 Å². The lowest BCUT2D eigenvalue weighted by Crippen LogP contribution is -2.11. The molecule has 0 saturated carbocycles. The highest BCUT2D eigenvalue weighted by molar-refractivity contribution is 7.11. The van der Waals surface area contributed by atoms with Gasteiger partial charge >= 0.3 is 0 Å². The molecule has 0 spiro atoms. The van der Waals surface area contributed by atoms with Crippen molar-refractivity contribution in [1.29, 1.82) is 0 Å². The first-order valence-electron chi connectivity index (χ1n) is 6.10. The minimum atomic E-state index is 0.855. The van der Waals surface area contributed by atoms with E-state index in [1.165, 1.54) is 9.75 Å². The molecule has 0 atom stereocenters. The molecule has 2 aromatic heterocycles. The first-order chi connectivity index (χ1) is 8.31. The van der Waals surface area contributed by atoms with Crippen LogP contribution in [0.5, 0.6) is 0 Å². The normalized spacial score (nSPS) is 10.9. The standard InChI is InChI=1S/C13H19N3S/c1-3-12-5-6-13(17-12)9-16-8-11(15-10-16)7-14-4-2/h5-6,8,10,14H,3-4,7,9H2,1-2H3. The molecule has 0 aromatic carbocycles. The third-order valence-corrected chi connectivity index (χ3v) is 3.86. The largest absolute Gasteiger partial charge is 0.332 e. The zero-order valence-corrected chi connectivity index (χ0v) is 11.3. The Bertz CT molecular complexity index is 459. The summed E-state index contributed by atoms with van der Waals surface area (Å²) in [7, 11) is 0. The number of aromatic nitrogens is 2. The van der Waals surface area contributed by atoms with Gasteiger partial charge in [0, 0.05) is 22.5 Å². The molecule has 2 rings (SSSR count). The van der Waals surface area contributed by atoms with Crippen molar-refractivity contribution in [2.24, 2.45) is 0 Å². The number of hydrogen-bond acceptors (Lipinski definition) is 3. The molecule has 0 amide bonds. The maximum Gasteiger partial charge on any atom is 0.0953 e. The van der Waals surface area contributed by atoms with Gasteiger partial charge in [-0.05, 0) is 25.1 Å². The van der Waals surface area contributed by atoms with Crippen molar-refractivity contribution in [3.63, 3.8) is 0 Å². The molecule has 1 N–H and O–H groups in total. The Morgan fingerprint density at radius 3 is 2.82 bits per heavy atom. The molecule has 4 heteroatoms. The van der Waals surface area contributed by atoms with E-state index in [0.29, 0.717) is 0 Å². The molecule has 0 bridgehead atoms. The van der Waals surface area contributed by atoms with Gasteiger partial charge in [0.15, 0.2) is 0 Å². The summed E-state index contributed by atoms with van der Waals surface area (Å²) in [6.45, 7) is 7.08. The zero-order valence-electron chi connectivity index (χ0n) is 10.4. The van der Waals surface area contributed by atoms with Crippen LogP contribution in [0.1, 0.15) is 29.3 Å². The van der Waals surface area contributed by atoms with E-state index in [1.54, 1.807) is 0 Å². The van der Waals surface area contributed by atoms with Gasteiger partial charge in [-0.25, -0.2) is 4.98 Å². The summed E-state index contributed by atoms with van der Waals surface area (Å²) in [5, 5.41) is 3.28. The van der Waals surface area contributed by atoms with Crippen molar-refractivity contribution in [1.82, 2.24) is 14.9 Å². The Morgan fingerprint density at radius 1 is 1.29 bits per heavy atom. The number of imidazole rings is 1. The van der Waals surface area contributed by atoms with Gasteiger partial charge in [-0.3, -0.25) is 0 Å². The third kappa shape index (κ3) is 3.41. The first-order valence-corrected chi connectivity index (χ1v) is 6.92. The predicted molar refractivity (Wildman–Crippen MR) is 72.4 cm³/mol. The van der Waals surface area contributed by atoms with Crippen LogP contribution >= 0.6 is 11.3 Å². The minimum Gasteiger partial charge on any atom is -0.332 e. The predicted octanol–water partition coefficient (Wildman–Crippen LogP) is 2.66. The average molecular weight is 249 g/mol. The van der Waals surface area contributed by atoms with E-state index < -0.39 is 0 Å². The number of nitrogens with one attached hydrogen (secondary N) is 1. The van der Waals surface area contributed by atoms with Crippen LogP contribution in [0.15, 0.2) is 24.7 Å². The average Bonchev–Trinajstić information content (AvgIpc) is 2.96. The number of aryl methyl sites for hydroxylation is 1. The lowest BCUT2D eigenvalue weighted by molar-refractivity contribution is 0.712. The molecule has 2 heterocycles. The van der Waals surface area contributed by atoms with Crippen molar-refractivity contribution >= 4 is 11.3 Å². The Balaban J connectivity index is 1.96. The van der Waals surface area contributed by atoms with Crippen molar-refractivity contribution < 1.29 is 0 Å². The molecular formula is C13H19N3S. The highest BCUT2D eigenvalue weighted by atomic mass is 32.1. The van der Waals surface area contributed by atoms with E-state index in [0.717, 1.165) is 31.7 Å². The van der Waals surface area contributed by atoms with Gasteiger partial charge < -0.3 is 9.88 Å². The molecule has 0 unspecified atom stereocenters. The fraction of sp³-hybridized carbons (Fsp3) is 0.462. The second kappa shape index (κ2) is 5.98. The molecule has 92 valence electrons. The smallest absolute Gasteiger partial charge is 0.0953 e. The van der Waals surface area contributed by atoms with E-state index in [-0.39, 0.29) is 0 Å². The van der Waals surface area contributed by atoms with Crippen LogP contribution in [0.3, 0.4) is 0 Å². The highest BCUT2D eigenvalue weighted by Crippen LogP contribution is 2.18. The SMILES string of the molecule is CCNCc1cn(Cc2ccc(CC)s2)cn1. The van der Waals surface area contributed by atoms with Crippen LogP contribution in [0.4, 0.5) is 0 Å². The lowest BCUT2D eigenvalue weighted by Gasteiger charge is -1.98. The molecule has 0 fully saturated rings. The summed E-state index contributed by atoms with van der Waals surface area (Å²) in [5.41, 5.74) is 1.11. The number of nitrogens with zero attached hydrogens (tertiary/aromatic N) is 2. The maximum absolute atomic E-state index is 4.38. The number of hydrogen-bond donors (Lipinski definition) is 1. The Labute approximate surface area is 107 Å². The van der Waals surface area contributed by atoms with Gasteiger partial charge in [-0.1, -0.05) is 13.8 Å². The van der Waals surface area contributed by atoms with Gasteiger partial charge in [0.2, 0.25) is 0 Å². The van der Waals surface area contributed by atoms with E-state index in [1.807, 2.05) is 17.7 Å². The second-order valence-corrected chi connectivity index (χ2v) is 5.29. The maximum atomic E-state index is 4.38. The first kappa shape index (κ1) is 12.3. The van der Waals surface area contributed by atoms with E-state index in [4.69, 9.17) is 0 Å². The lowest BCUT2D eigenvalue weighted by atomic mass is 10.3. The number of rotatable bonds is 6. The Kier molecular flexibility index (Phi) is 4.34. The molecule has 0 aliphatic heterocycles. The molecule has 17 heavy (non-hydrogen) atoms. The van der Waals surface area contributed by atoms with Crippen molar-refractivity contribution in [3.8, 4) is 0 Å². The molecule has 2 aromatic rings. The summed E-state index contributed by atoms with van der Waals surface area (Å²) in [6, 6.07) is 4.43. The monoisotopic (exact) mass is 249 g/mol. The molecule has 3 nitrogen and oxygen atoms in total. The van der Waals surface area contributed by atoms with Gasteiger partial charge in [-0.2, -0.15) is 0 Å². The fourth-order valence-corrected chi connectivity index (χ4v) is 2.68. The Hall–Kier alpha value is -1.13. The van der Waals surface area contributed by atoms with Gasteiger partial charge in [0.25, 0.3) is 0 Å². The van der Waals surface area contributed by atoms with Crippen LogP contribution < -0.4 is 5.32 Å². The number of thiophene rings is 1. The molecule has 0 radical (unpaired) electrons. The summed E-state index contributed by atoms with van der Waals surface area (Å²) in [6.07, 6.45) is 5.16. The van der Waals surface area contributed by atoms with E-state index >= 15 is 0 Å². The van der Waals surface area contributed by atoms with Crippen molar-refractivity contribution in [2.45, 2.75) is 33.4 Å². The Morgan fingerprint density at radius 2 is 2.12 bits per heavy atom. The van der Waals surface area contributed by atoms with Gasteiger partial charge in [0.05, 0.1) is 18.6 Å². The fourth-order valence-electron chi connectivity index (χ4n) is 1.71. The van der Waals surface area contributed by atoms with E-state index in [2.05, 4.69) is 47.0 Å².